The Labute approximate surface area is 195 Å². The highest BCUT2D eigenvalue weighted by atomic mass is 16.2. The van der Waals surface area contributed by atoms with Gasteiger partial charge in [-0.05, 0) is 44.4 Å². The average Bonchev–Trinajstić information content (AvgIpc) is 2.74. The van der Waals surface area contributed by atoms with Gasteiger partial charge in [-0.1, -0.05) is 101 Å². The van der Waals surface area contributed by atoms with Crippen molar-refractivity contribution in [2.24, 2.45) is 23.2 Å². The number of carbonyl (C=O) groups is 2. The molecule has 0 spiro atoms. The van der Waals surface area contributed by atoms with Crippen molar-refractivity contribution in [3.63, 3.8) is 0 Å². The fourth-order valence-corrected chi connectivity index (χ4v) is 4.65. The average molecular weight is 441 g/mol. The molecule has 0 aromatic rings. The van der Waals surface area contributed by atoms with E-state index < -0.39 is 0 Å². The van der Waals surface area contributed by atoms with E-state index in [-0.39, 0.29) is 41.0 Å². The molecule has 1 N–H and O–H groups in total. The summed E-state index contributed by atoms with van der Waals surface area (Å²) in [5.41, 5.74) is 6.52. The minimum atomic E-state index is -0.264. The molecular formula is C28H44N2O2. The third-order valence-corrected chi connectivity index (χ3v) is 6.97. The largest absolute Gasteiger partial charge is 0.273 e. The topological polar surface area (TPSA) is 49.4 Å². The first-order valence-corrected chi connectivity index (χ1v) is 12.4. The molecule has 32 heavy (non-hydrogen) atoms. The number of nitrogens with one attached hydrogen (secondary N) is 1. The summed E-state index contributed by atoms with van der Waals surface area (Å²) in [5, 5.41) is 1.70. The van der Waals surface area contributed by atoms with Gasteiger partial charge in [-0.3, -0.25) is 15.0 Å². The molecular weight excluding hydrogens is 396 g/mol. The normalized spacial score (nSPS) is 24.2. The molecule has 0 saturated heterocycles. The van der Waals surface area contributed by atoms with Crippen LogP contribution in [-0.4, -0.2) is 22.9 Å². The maximum atomic E-state index is 14.0. The van der Waals surface area contributed by atoms with Crippen LogP contribution in [0.25, 0.3) is 0 Å². The van der Waals surface area contributed by atoms with Crippen molar-refractivity contribution < 1.29 is 9.59 Å². The lowest BCUT2D eigenvalue weighted by molar-refractivity contribution is -0.152. The maximum Gasteiger partial charge on any atom is 0.248 e. The SMILES string of the molecule is CCCCC(N(NC(=O)[C@H]1C=CC(CC)=CC1)C(=O)C1C=C(C)C=C(C)[C@H]1C)C(C)(C)C. The van der Waals surface area contributed by atoms with Gasteiger partial charge in [0.05, 0.1) is 17.9 Å². The quantitative estimate of drug-likeness (QED) is 0.458. The number of amides is 2. The molecule has 4 atom stereocenters. The van der Waals surface area contributed by atoms with Crippen molar-refractivity contribution in [1.29, 1.82) is 0 Å². The third-order valence-electron chi connectivity index (χ3n) is 6.97. The predicted molar refractivity (Wildman–Crippen MR) is 134 cm³/mol. The summed E-state index contributed by atoms with van der Waals surface area (Å²) in [4.78, 5) is 27.3. The summed E-state index contributed by atoms with van der Waals surface area (Å²) in [6.45, 7) is 17.0. The predicted octanol–water partition coefficient (Wildman–Crippen LogP) is 6.52. The number of carbonyl (C=O) groups excluding carboxylic acids is 2. The van der Waals surface area contributed by atoms with E-state index in [1.54, 1.807) is 5.01 Å². The lowest BCUT2D eigenvalue weighted by atomic mass is 9.79. The van der Waals surface area contributed by atoms with E-state index in [0.717, 1.165) is 31.3 Å². The molecule has 2 amide bonds. The second kappa shape index (κ2) is 11.2. The summed E-state index contributed by atoms with van der Waals surface area (Å²) in [7, 11) is 0. The summed E-state index contributed by atoms with van der Waals surface area (Å²) in [6, 6.07) is -0.0691. The van der Waals surface area contributed by atoms with E-state index in [4.69, 9.17) is 0 Å². The van der Waals surface area contributed by atoms with Gasteiger partial charge < -0.3 is 0 Å². The summed E-state index contributed by atoms with van der Waals surface area (Å²) in [5.74, 6) is -0.487. The molecule has 2 aliphatic carbocycles. The van der Waals surface area contributed by atoms with E-state index in [9.17, 15) is 9.59 Å². The van der Waals surface area contributed by atoms with Crippen LogP contribution in [0, 0.1) is 23.2 Å². The number of rotatable bonds is 7. The maximum absolute atomic E-state index is 14.0. The second-order valence-electron chi connectivity index (χ2n) is 10.7. The van der Waals surface area contributed by atoms with Gasteiger partial charge in [0, 0.05) is 0 Å². The second-order valence-corrected chi connectivity index (χ2v) is 10.7. The summed E-state index contributed by atoms with van der Waals surface area (Å²) in [6.07, 6.45) is 15.0. The smallest absolute Gasteiger partial charge is 0.248 e. The van der Waals surface area contributed by atoms with Crippen LogP contribution in [0.15, 0.2) is 47.1 Å². The number of hydrogen-bond acceptors (Lipinski definition) is 2. The van der Waals surface area contributed by atoms with Crippen molar-refractivity contribution in [1.82, 2.24) is 10.4 Å². The van der Waals surface area contributed by atoms with Gasteiger partial charge in [-0.25, -0.2) is 5.01 Å². The van der Waals surface area contributed by atoms with Crippen molar-refractivity contribution in [2.45, 2.75) is 93.5 Å². The Morgan fingerprint density at radius 1 is 1.22 bits per heavy atom. The summed E-state index contributed by atoms with van der Waals surface area (Å²) < 4.78 is 0. The number of nitrogens with zero attached hydrogens (tertiary/aromatic N) is 1. The first-order chi connectivity index (χ1) is 15.0. The third kappa shape index (κ3) is 6.46. The van der Waals surface area contributed by atoms with Gasteiger partial charge >= 0.3 is 0 Å². The van der Waals surface area contributed by atoms with Gasteiger partial charge in [-0.15, -0.1) is 0 Å². The minimum Gasteiger partial charge on any atom is -0.273 e. The van der Waals surface area contributed by atoms with Crippen molar-refractivity contribution in [2.75, 3.05) is 0 Å². The molecule has 4 heteroatoms. The number of unbranched alkanes of at least 4 members (excludes halogenated alkanes) is 1. The van der Waals surface area contributed by atoms with E-state index in [1.165, 1.54) is 11.1 Å². The fraction of sp³-hybridized carbons (Fsp3) is 0.643. The molecule has 4 nitrogen and oxygen atoms in total. The Morgan fingerprint density at radius 3 is 2.44 bits per heavy atom. The molecule has 0 fully saturated rings. The molecule has 2 rings (SSSR count). The number of allylic oxidation sites excluding steroid dienone is 6. The molecule has 178 valence electrons. The zero-order valence-electron chi connectivity index (χ0n) is 21.5. The molecule has 0 aliphatic heterocycles. The van der Waals surface area contributed by atoms with Gasteiger partial charge in [0.2, 0.25) is 11.8 Å². The molecule has 0 heterocycles. The van der Waals surface area contributed by atoms with E-state index in [2.05, 4.69) is 72.1 Å². The van der Waals surface area contributed by atoms with Crippen LogP contribution >= 0.6 is 0 Å². The Kier molecular flexibility index (Phi) is 9.12. The van der Waals surface area contributed by atoms with Gasteiger partial charge in [0.1, 0.15) is 0 Å². The Bertz CT molecular complexity index is 810. The standard InChI is InChI=1S/C28H44N2O2/c1-9-11-12-25(28(6,7)8)30(27(32)24-18-19(3)17-20(4)21(24)5)29-26(31)23-15-13-22(10-2)14-16-23/h13-15,17-18,21,23-25H,9-12,16H2,1-8H3,(H,29,31)/t21-,23+,24?,25?/m1/s1. The van der Waals surface area contributed by atoms with Crippen LogP contribution in [0.3, 0.4) is 0 Å². The molecule has 0 aromatic heterocycles. The Balaban J connectivity index is 2.35. The Hall–Kier alpha value is -2.10. The number of hydrogen-bond donors (Lipinski definition) is 1. The number of hydrazine groups is 1. The monoisotopic (exact) mass is 440 g/mol. The fourth-order valence-electron chi connectivity index (χ4n) is 4.65. The molecule has 0 radical (unpaired) electrons. The van der Waals surface area contributed by atoms with Crippen LogP contribution in [0.1, 0.15) is 87.5 Å². The van der Waals surface area contributed by atoms with E-state index in [1.807, 2.05) is 19.1 Å². The highest BCUT2D eigenvalue weighted by Gasteiger charge is 2.39. The van der Waals surface area contributed by atoms with Crippen LogP contribution in [-0.2, 0) is 9.59 Å². The molecule has 0 aromatic carbocycles. The summed E-state index contributed by atoms with van der Waals surface area (Å²) >= 11 is 0. The molecule has 2 unspecified atom stereocenters. The van der Waals surface area contributed by atoms with Crippen LogP contribution in [0.2, 0.25) is 0 Å². The van der Waals surface area contributed by atoms with Crippen LogP contribution in [0.5, 0.6) is 0 Å². The lowest BCUT2D eigenvalue weighted by Crippen LogP contribution is -2.59. The highest BCUT2D eigenvalue weighted by Crippen LogP contribution is 2.34. The zero-order valence-corrected chi connectivity index (χ0v) is 21.5. The van der Waals surface area contributed by atoms with Gasteiger partial charge in [-0.2, -0.15) is 0 Å². The van der Waals surface area contributed by atoms with Crippen molar-refractivity contribution in [3.05, 3.63) is 47.1 Å². The highest BCUT2D eigenvalue weighted by molar-refractivity contribution is 5.87. The van der Waals surface area contributed by atoms with Crippen LogP contribution < -0.4 is 5.43 Å². The van der Waals surface area contributed by atoms with Crippen molar-refractivity contribution in [3.8, 4) is 0 Å². The minimum absolute atomic E-state index is 0.00161. The van der Waals surface area contributed by atoms with E-state index in [0.29, 0.717) is 6.42 Å². The van der Waals surface area contributed by atoms with Crippen LogP contribution in [0.4, 0.5) is 0 Å². The van der Waals surface area contributed by atoms with Gasteiger partial charge in [0.25, 0.3) is 0 Å². The molecule has 0 saturated carbocycles. The first kappa shape index (κ1) is 26.2. The van der Waals surface area contributed by atoms with Gasteiger partial charge in [0.15, 0.2) is 0 Å². The molecule has 0 bridgehead atoms. The van der Waals surface area contributed by atoms with Crippen molar-refractivity contribution >= 4 is 11.8 Å². The Morgan fingerprint density at radius 2 is 1.91 bits per heavy atom. The lowest BCUT2D eigenvalue weighted by Gasteiger charge is -2.43. The first-order valence-electron chi connectivity index (χ1n) is 12.4. The molecule has 2 aliphatic rings. The van der Waals surface area contributed by atoms with E-state index >= 15 is 0 Å². The zero-order chi connectivity index (χ0) is 24.1.